The summed E-state index contributed by atoms with van der Waals surface area (Å²) in [5.74, 6) is 0.368. The van der Waals surface area contributed by atoms with Crippen molar-refractivity contribution in [1.29, 1.82) is 0 Å². The van der Waals surface area contributed by atoms with E-state index in [9.17, 15) is 4.39 Å². The molecule has 1 fully saturated rings. The second-order valence-electron chi connectivity index (χ2n) is 4.56. The standard InChI is InChI=1S/C12H16ClFN2/c1-7-2-10(13)12(5-11(7)14)16-6-8-3-9(15)4-8/h2,5,8-9,16H,3-4,6,15H2,1H3. The lowest BCUT2D eigenvalue weighted by Crippen LogP contribution is -2.39. The highest BCUT2D eigenvalue weighted by Crippen LogP contribution is 2.29. The van der Waals surface area contributed by atoms with Crippen LogP contribution in [0.4, 0.5) is 10.1 Å². The molecule has 0 unspecified atom stereocenters. The second kappa shape index (κ2) is 4.60. The molecule has 0 aromatic heterocycles. The summed E-state index contributed by atoms with van der Waals surface area (Å²) in [6, 6.07) is 3.44. The van der Waals surface area contributed by atoms with Gasteiger partial charge in [0.25, 0.3) is 0 Å². The van der Waals surface area contributed by atoms with Crippen LogP contribution < -0.4 is 11.1 Å². The van der Waals surface area contributed by atoms with E-state index in [1.165, 1.54) is 6.07 Å². The van der Waals surface area contributed by atoms with E-state index in [0.717, 1.165) is 19.4 Å². The van der Waals surface area contributed by atoms with Gasteiger partial charge in [0, 0.05) is 12.6 Å². The molecule has 1 aromatic rings. The minimum atomic E-state index is -0.225. The summed E-state index contributed by atoms with van der Waals surface area (Å²) in [7, 11) is 0. The average molecular weight is 243 g/mol. The van der Waals surface area contributed by atoms with Crippen molar-refractivity contribution >= 4 is 17.3 Å². The molecule has 16 heavy (non-hydrogen) atoms. The minimum Gasteiger partial charge on any atom is -0.383 e. The van der Waals surface area contributed by atoms with Crippen LogP contribution in [0.5, 0.6) is 0 Å². The lowest BCUT2D eigenvalue weighted by atomic mass is 9.81. The van der Waals surface area contributed by atoms with Crippen LogP contribution in [0.25, 0.3) is 0 Å². The van der Waals surface area contributed by atoms with E-state index < -0.39 is 0 Å². The predicted octanol–water partition coefficient (Wildman–Crippen LogP) is 2.94. The molecule has 1 aliphatic carbocycles. The van der Waals surface area contributed by atoms with Crippen molar-refractivity contribution in [3.8, 4) is 0 Å². The molecule has 0 radical (unpaired) electrons. The Balaban J connectivity index is 1.96. The Hall–Kier alpha value is -0.800. The van der Waals surface area contributed by atoms with Crippen LogP contribution in [0.15, 0.2) is 12.1 Å². The number of nitrogens with one attached hydrogen (secondary N) is 1. The van der Waals surface area contributed by atoms with Crippen LogP contribution in [0.1, 0.15) is 18.4 Å². The molecule has 4 heteroatoms. The summed E-state index contributed by atoms with van der Waals surface area (Å²) >= 11 is 6.02. The molecule has 0 aliphatic heterocycles. The number of halogens is 2. The summed E-state index contributed by atoms with van der Waals surface area (Å²) in [6.07, 6.45) is 2.08. The number of aryl methyl sites for hydroxylation is 1. The number of rotatable bonds is 3. The molecule has 0 saturated heterocycles. The Labute approximate surface area is 100.0 Å². The molecule has 3 N–H and O–H groups in total. The molecular weight excluding hydrogens is 227 g/mol. The van der Waals surface area contributed by atoms with Gasteiger partial charge in [-0.15, -0.1) is 0 Å². The van der Waals surface area contributed by atoms with E-state index >= 15 is 0 Å². The van der Waals surface area contributed by atoms with Gasteiger partial charge in [0.2, 0.25) is 0 Å². The largest absolute Gasteiger partial charge is 0.383 e. The maximum Gasteiger partial charge on any atom is 0.128 e. The van der Waals surface area contributed by atoms with Gasteiger partial charge in [-0.05, 0) is 43.4 Å². The Morgan fingerprint density at radius 2 is 2.19 bits per heavy atom. The first-order chi connectivity index (χ1) is 7.56. The molecule has 0 spiro atoms. The quantitative estimate of drug-likeness (QED) is 0.855. The highest BCUT2D eigenvalue weighted by atomic mass is 35.5. The van der Waals surface area contributed by atoms with Gasteiger partial charge in [-0.2, -0.15) is 0 Å². The van der Waals surface area contributed by atoms with Gasteiger partial charge in [-0.25, -0.2) is 4.39 Å². The number of hydrogen-bond acceptors (Lipinski definition) is 2. The average Bonchev–Trinajstić information content (AvgIpc) is 2.18. The van der Waals surface area contributed by atoms with Crippen molar-refractivity contribution < 1.29 is 4.39 Å². The fourth-order valence-electron chi connectivity index (χ4n) is 1.99. The topological polar surface area (TPSA) is 38.0 Å². The van der Waals surface area contributed by atoms with Crippen LogP contribution in [-0.2, 0) is 0 Å². The van der Waals surface area contributed by atoms with Crippen molar-refractivity contribution in [2.45, 2.75) is 25.8 Å². The first kappa shape index (κ1) is 11.7. The fourth-order valence-corrected chi connectivity index (χ4v) is 2.28. The molecule has 88 valence electrons. The molecule has 0 heterocycles. The Bertz CT molecular complexity index is 389. The van der Waals surface area contributed by atoms with Gasteiger partial charge in [0.05, 0.1) is 10.7 Å². The zero-order valence-corrected chi connectivity index (χ0v) is 10.0. The first-order valence-electron chi connectivity index (χ1n) is 5.51. The SMILES string of the molecule is Cc1cc(Cl)c(NCC2CC(N)C2)cc1F. The fraction of sp³-hybridized carbons (Fsp3) is 0.500. The van der Waals surface area contributed by atoms with Crippen molar-refractivity contribution in [1.82, 2.24) is 0 Å². The Morgan fingerprint density at radius 3 is 2.81 bits per heavy atom. The van der Waals surface area contributed by atoms with Gasteiger partial charge in [0.15, 0.2) is 0 Å². The molecule has 1 aliphatic rings. The third-order valence-corrected chi connectivity index (χ3v) is 3.41. The predicted molar refractivity (Wildman–Crippen MR) is 65.3 cm³/mol. The van der Waals surface area contributed by atoms with E-state index in [2.05, 4.69) is 5.32 Å². The minimum absolute atomic E-state index is 0.225. The maximum atomic E-state index is 13.3. The van der Waals surface area contributed by atoms with Gasteiger partial charge >= 0.3 is 0 Å². The Morgan fingerprint density at radius 1 is 1.50 bits per heavy atom. The summed E-state index contributed by atoms with van der Waals surface area (Å²) in [4.78, 5) is 0. The van der Waals surface area contributed by atoms with Crippen LogP contribution >= 0.6 is 11.6 Å². The maximum absolute atomic E-state index is 13.3. The van der Waals surface area contributed by atoms with Crippen molar-refractivity contribution in [3.05, 3.63) is 28.5 Å². The van der Waals surface area contributed by atoms with Gasteiger partial charge in [-0.3, -0.25) is 0 Å². The van der Waals surface area contributed by atoms with E-state index in [-0.39, 0.29) is 5.82 Å². The smallest absolute Gasteiger partial charge is 0.128 e. The van der Waals surface area contributed by atoms with Crippen LogP contribution in [0.3, 0.4) is 0 Å². The first-order valence-corrected chi connectivity index (χ1v) is 5.89. The molecule has 2 nitrogen and oxygen atoms in total. The zero-order chi connectivity index (χ0) is 11.7. The number of benzene rings is 1. The molecule has 0 bridgehead atoms. The van der Waals surface area contributed by atoms with Gasteiger partial charge in [0.1, 0.15) is 5.82 Å². The third kappa shape index (κ3) is 2.47. The molecule has 1 saturated carbocycles. The number of nitrogens with two attached hydrogens (primary N) is 1. The summed E-state index contributed by atoms with van der Waals surface area (Å²) in [6.45, 7) is 2.52. The zero-order valence-electron chi connectivity index (χ0n) is 9.26. The number of hydrogen-bond donors (Lipinski definition) is 2. The van der Waals surface area contributed by atoms with Crippen LogP contribution in [-0.4, -0.2) is 12.6 Å². The van der Waals surface area contributed by atoms with Gasteiger partial charge in [-0.1, -0.05) is 11.6 Å². The second-order valence-corrected chi connectivity index (χ2v) is 4.97. The molecular formula is C12H16ClFN2. The number of anilines is 1. The normalized spacial score (nSPS) is 24.0. The van der Waals surface area contributed by atoms with Crippen LogP contribution in [0.2, 0.25) is 5.02 Å². The molecule has 2 rings (SSSR count). The summed E-state index contributed by atoms with van der Waals surface area (Å²) in [5, 5.41) is 3.75. The summed E-state index contributed by atoms with van der Waals surface area (Å²) < 4.78 is 13.3. The van der Waals surface area contributed by atoms with Crippen molar-refractivity contribution in [2.24, 2.45) is 11.7 Å². The van der Waals surface area contributed by atoms with Crippen molar-refractivity contribution in [3.63, 3.8) is 0 Å². The van der Waals surface area contributed by atoms with Crippen LogP contribution in [0, 0.1) is 18.7 Å². The molecule has 0 atom stereocenters. The van der Waals surface area contributed by atoms with E-state index in [1.54, 1.807) is 13.0 Å². The monoisotopic (exact) mass is 242 g/mol. The van der Waals surface area contributed by atoms with Gasteiger partial charge < -0.3 is 11.1 Å². The lowest BCUT2D eigenvalue weighted by Gasteiger charge is -2.32. The highest BCUT2D eigenvalue weighted by Gasteiger charge is 2.25. The van der Waals surface area contributed by atoms with E-state index in [0.29, 0.717) is 28.2 Å². The lowest BCUT2D eigenvalue weighted by molar-refractivity contribution is 0.280. The highest BCUT2D eigenvalue weighted by molar-refractivity contribution is 6.33. The molecule has 1 aromatic carbocycles. The van der Waals surface area contributed by atoms with Crippen molar-refractivity contribution in [2.75, 3.05) is 11.9 Å². The molecule has 0 amide bonds. The summed E-state index contributed by atoms with van der Waals surface area (Å²) in [5.41, 5.74) is 6.94. The van der Waals surface area contributed by atoms with E-state index in [4.69, 9.17) is 17.3 Å². The third-order valence-electron chi connectivity index (χ3n) is 3.10. The van der Waals surface area contributed by atoms with E-state index in [1.807, 2.05) is 0 Å². The Kier molecular flexibility index (Phi) is 3.36.